The van der Waals surface area contributed by atoms with Crippen LogP contribution in [0.15, 0.2) is 42.5 Å². The minimum atomic E-state index is -0.880. The number of fused-ring (bicyclic) bond motifs is 3. The van der Waals surface area contributed by atoms with E-state index in [4.69, 9.17) is 19.3 Å². The molecule has 4 rings (SSSR count). The van der Waals surface area contributed by atoms with Gasteiger partial charge in [-0.25, -0.2) is 0 Å². The van der Waals surface area contributed by atoms with Gasteiger partial charge < -0.3 is 23.9 Å². The number of nitrogens with zero attached hydrogens (tertiary/aromatic N) is 2. The summed E-state index contributed by atoms with van der Waals surface area (Å²) in [6, 6.07) is 15.4. The Bertz CT molecular complexity index is 1160. The summed E-state index contributed by atoms with van der Waals surface area (Å²) >= 11 is 0. The zero-order valence-electron chi connectivity index (χ0n) is 17.5. The van der Waals surface area contributed by atoms with E-state index in [0.717, 1.165) is 22.2 Å². The van der Waals surface area contributed by atoms with Gasteiger partial charge in [0.15, 0.2) is 0 Å². The van der Waals surface area contributed by atoms with E-state index in [1.807, 2.05) is 44.2 Å². The lowest BCUT2D eigenvalue weighted by Gasteiger charge is -2.24. The molecular formula is C24H24N2O5. The molecule has 1 aromatic heterocycles. The van der Waals surface area contributed by atoms with Crippen LogP contribution in [0.5, 0.6) is 11.5 Å². The summed E-state index contributed by atoms with van der Waals surface area (Å²) in [7, 11) is 0. The van der Waals surface area contributed by atoms with E-state index in [0.29, 0.717) is 36.8 Å². The third-order valence-corrected chi connectivity index (χ3v) is 5.16. The highest BCUT2D eigenvalue weighted by Gasteiger charge is 2.25. The quantitative estimate of drug-likeness (QED) is 0.608. The van der Waals surface area contributed by atoms with Crippen molar-refractivity contribution in [2.75, 3.05) is 6.61 Å². The fourth-order valence-corrected chi connectivity index (χ4v) is 3.85. The monoisotopic (exact) mass is 420 g/mol. The molecule has 2 aromatic carbocycles. The number of ether oxygens (including phenoxy) is 3. The van der Waals surface area contributed by atoms with Crippen molar-refractivity contribution in [3.8, 4) is 17.6 Å². The topological polar surface area (TPSA) is 93.7 Å². The normalized spacial score (nSPS) is 15.5. The molecule has 160 valence electrons. The molecule has 2 heterocycles. The van der Waals surface area contributed by atoms with Crippen molar-refractivity contribution in [3.05, 3.63) is 59.3 Å². The third kappa shape index (κ3) is 4.49. The standard InChI is InChI=1S/C24H24N2O5/c1-15(2)31-22-6-3-16(9-18(22)13-25)14-30-19-4-5-20-17(10-19)11-21-23(12-24(27)28)29-8-7-26(20)21/h3-6,9-11,15,23H,7-8,12,14H2,1-2H3,(H,27,28)/t23-/m1/s1. The number of benzene rings is 2. The minimum absolute atomic E-state index is 0.00494. The van der Waals surface area contributed by atoms with E-state index in [1.54, 1.807) is 12.1 Å². The Morgan fingerprint density at radius 1 is 1.29 bits per heavy atom. The lowest BCUT2D eigenvalue weighted by molar-refractivity contribution is -0.141. The van der Waals surface area contributed by atoms with Crippen LogP contribution in [0.1, 0.15) is 43.2 Å². The highest BCUT2D eigenvalue weighted by Crippen LogP contribution is 2.33. The first kappa shape index (κ1) is 20.8. The van der Waals surface area contributed by atoms with Gasteiger partial charge in [-0.2, -0.15) is 5.26 Å². The molecule has 0 saturated carbocycles. The SMILES string of the molecule is CC(C)Oc1ccc(COc2ccc3c(c2)cc2n3CCO[C@@H]2CC(=O)O)cc1C#N. The van der Waals surface area contributed by atoms with E-state index in [1.165, 1.54) is 0 Å². The van der Waals surface area contributed by atoms with Gasteiger partial charge in [-0.05, 0) is 55.8 Å². The maximum atomic E-state index is 11.1. The number of carboxylic acid groups (broad SMARTS) is 1. The van der Waals surface area contributed by atoms with Gasteiger partial charge in [0.2, 0.25) is 0 Å². The molecule has 0 radical (unpaired) electrons. The second kappa shape index (κ2) is 8.70. The fraction of sp³-hybridized carbons (Fsp3) is 0.333. The smallest absolute Gasteiger partial charge is 0.306 e. The molecule has 0 unspecified atom stereocenters. The number of carboxylic acids is 1. The first-order chi connectivity index (χ1) is 14.9. The molecule has 0 saturated heterocycles. The Morgan fingerprint density at radius 3 is 2.87 bits per heavy atom. The highest BCUT2D eigenvalue weighted by molar-refractivity contribution is 5.83. The highest BCUT2D eigenvalue weighted by atomic mass is 16.5. The third-order valence-electron chi connectivity index (χ3n) is 5.16. The lowest BCUT2D eigenvalue weighted by Crippen LogP contribution is -2.22. The van der Waals surface area contributed by atoms with Crippen LogP contribution in [-0.4, -0.2) is 28.4 Å². The summed E-state index contributed by atoms with van der Waals surface area (Å²) < 4.78 is 19.4. The van der Waals surface area contributed by atoms with E-state index < -0.39 is 12.1 Å². The van der Waals surface area contributed by atoms with Crippen LogP contribution in [-0.2, 0) is 22.7 Å². The minimum Gasteiger partial charge on any atom is -0.490 e. The number of hydrogen-bond donors (Lipinski definition) is 1. The Balaban J connectivity index is 1.52. The van der Waals surface area contributed by atoms with E-state index in [9.17, 15) is 10.1 Å². The number of aliphatic carboxylic acids is 1. The summed E-state index contributed by atoms with van der Waals surface area (Å²) in [5, 5.41) is 19.5. The molecule has 0 spiro atoms. The van der Waals surface area contributed by atoms with Crippen LogP contribution in [0.25, 0.3) is 10.9 Å². The van der Waals surface area contributed by atoms with E-state index in [-0.39, 0.29) is 12.5 Å². The molecule has 3 aromatic rings. The molecule has 0 amide bonds. The zero-order valence-corrected chi connectivity index (χ0v) is 17.5. The summed E-state index contributed by atoms with van der Waals surface area (Å²) in [6.07, 6.45) is -0.508. The van der Waals surface area contributed by atoms with Gasteiger partial charge in [-0.15, -0.1) is 0 Å². The van der Waals surface area contributed by atoms with Gasteiger partial charge in [0.25, 0.3) is 0 Å². The van der Waals surface area contributed by atoms with Crippen molar-refractivity contribution in [1.29, 1.82) is 5.26 Å². The van der Waals surface area contributed by atoms with Gasteiger partial charge in [0, 0.05) is 23.1 Å². The first-order valence-electron chi connectivity index (χ1n) is 10.2. The lowest BCUT2D eigenvalue weighted by atomic mass is 10.1. The van der Waals surface area contributed by atoms with Crippen molar-refractivity contribution < 1.29 is 24.1 Å². The summed E-state index contributed by atoms with van der Waals surface area (Å²) in [5.74, 6) is 0.390. The summed E-state index contributed by atoms with van der Waals surface area (Å²) in [5.41, 5.74) is 3.26. The molecular weight excluding hydrogens is 396 g/mol. The van der Waals surface area contributed by atoms with Crippen LogP contribution in [0.3, 0.4) is 0 Å². The average molecular weight is 420 g/mol. The number of carbonyl (C=O) groups is 1. The maximum Gasteiger partial charge on any atom is 0.306 e. The maximum absolute atomic E-state index is 11.1. The fourth-order valence-electron chi connectivity index (χ4n) is 3.85. The molecule has 31 heavy (non-hydrogen) atoms. The number of aromatic nitrogens is 1. The number of hydrogen-bond acceptors (Lipinski definition) is 5. The Labute approximate surface area is 180 Å². The van der Waals surface area contributed by atoms with Crippen molar-refractivity contribution in [2.24, 2.45) is 0 Å². The second-order valence-electron chi connectivity index (χ2n) is 7.80. The Morgan fingerprint density at radius 2 is 2.13 bits per heavy atom. The molecule has 7 nitrogen and oxygen atoms in total. The Kier molecular flexibility index (Phi) is 5.83. The molecule has 1 aliphatic heterocycles. The second-order valence-corrected chi connectivity index (χ2v) is 7.80. The first-order valence-corrected chi connectivity index (χ1v) is 10.2. The summed E-state index contributed by atoms with van der Waals surface area (Å²) in [4.78, 5) is 11.1. The predicted molar refractivity (Wildman–Crippen MR) is 114 cm³/mol. The molecule has 0 aliphatic carbocycles. The van der Waals surface area contributed by atoms with Crippen molar-refractivity contribution in [3.63, 3.8) is 0 Å². The molecule has 0 bridgehead atoms. The van der Waals surface area contributed by atoms with E-state index in [2.05, 4.69) is 10.6 Å². The molecule has 1 aliphatic rings. The Hall–Kier alpha value is -3.50. The van der Waals surface area contributed by atoms with Crippen molar-refractivity contribution >= 4 is 16.9 Å². The average Bonchev–Trinajstić information content (AvgIpc) is 3.11. The number of nitriles is 1. The van der Waals surface area contributed by atoms with Gasteiger partial charge in [0.1, 0.15) is 30.3 Å². The molecule has 7 heteroatoms. The van der Waals surface area contributed by atoms with Crippen molar-refractivity contribution in [1.82, 2.24) is 4.57 Å². The van der Waals surface area contributed by atoms with Crippen LogP contribution in [0.2, 0.25) is 0 Å². The van der Waals surface area contributed by atoms with Crippen LogP contribution in [0, 0.1) is 11.3 Å². The largest absolute Gasteiger partial charge is 0.490 e. The predicted octanol–water partition coefficient (Wildman–Crippen LogP) is 4.43. The number of rotatable bonds is 7. The van der Waals surface area contributed by atoms with Gasteiger partial charge in [0.05, 0.1) is 24.7 Å². The molecule has 1 atom stereocenters. The molecule has 0 fully saturated rings. The van der Waals surface area contributed by atoms with Crippen LogP contribution in [0.4, 0.5) is 0 Å². The van der Waals surface area contributed by atoms with Gasteiger partial charge in [-0.1, -0.05) is 6.07 Å². The van der Waals surface area contributed by atoms with Gasteiger partial charge >= 0.3 is 5.97 Å². The molecule has 1 N–H and O–H groups in total. The summed E-state index contributed by atoms with van der Waals surface area (Å²) in [6.45, 7) is 5.34. The van der Waals surface area contributed by atoms with Crippen LogP contribution >= 0.6 is 0 Å². The zero-order chi connectivity index (χ0) is 22.0. The van der Waals surface area contributed by atoms with Crippen molar-refractivity contribution in [2.45, 2.75) is 45.6 Å². The van der Waals surface area contributed by atoms with Gasteiger partial charge in [-0.3, -0.25) is 4.79 Å². The van der Waals surface area contributed by atoms with E-state index >= 15 is 0 Å². The van der Waals surface area contributed by atoms with Crippen LogP contribution < -0.4 is 9.47 Å².